The summed E-state index contributed by atoms with van der Waals surface area (Å²) < 4.78 is 7.77. The summed E-state index contributed by atoms with van der Waals surface area (Å²) in [4.78, 5) is 7.16. The first-order chi connectivity index (χ1) is 15.3. The monoisotopic (exact) mass is 432 g/mol. The minimum Gasteiger partial charge on any atom is -0.492 e. The van der Waals surface area contributed by atoms with Gasteiger partial charge in [0.15, 0.2) is 5.65 Å². The molecule has 5 nitrogen and oxygen atoms in total. The Hall–Kier alpha value is -2.89. The van der Waals surface area contributed by atoms with Crippen molar-refractivity contribution in [1.82, 2.24) is 19.5 Å². The number of hydrogen-bond donors (Lipinski definition) is 0. The molecule has 31 heavy (non-hydrogen) atoms. The van der Waals surface area contributed by atoms with Crippen molar-refractivity contribution in [3.05, 3.63) is 72.1 Å². The summed E-state index contributed by atoms with van der Waals surface area (Å²) >= 11 is 6.01. The molecule has 0 radical (unpaired) electrons. The molecule has 3 heterocycles. The normalized spacial score (nSPS) is 14.7. The van der Waals surface area contributed by atoms with Crippen LogP contribution in [0.25, 0.3) is 27.9 Å². The van der Waals surface area contributed by atoms with Crippen LogP contribution in [0, 0.1) is 0 Å². The minimum atomic E-state index is 0.717. The van der Waals surface area contributed by atoms with Crippen LogP contribution in [-0.2, 0) is 0 Å². The van der Waals surface area contributed by atoms with Crippen LogP contribution >= 0.6 is 11.6 Å². The van der Waals surface area contributed by atoms with Crippen LogP contribution in [0.4, 0.5) is 0 Å². The zero-order valence-corrected chi connectivity index (χ0v) is 18.1. The first-order valence-electron chi connectivity index (χ1n) is 10.8. The zero-order chi connectivity index (χ0) is 21.0. The van der Waals surface area contributed by atoms with Crippen LogP contribution < -0.4 is 4.74 Å². The van der Waals surface area contributed by atoms with E-state index in [0.29, 0.717) is 0 Å². The van der Waals surface area contributed by atoms with Crippen molar-refractivity contribution in [2.45, 2.75) is 19.3 Å². The SMILES string of the molecule is Clc1ccc(-c2cnn3cc(-c4ccc(OCCN5CCCCC5)cc4)cnc23)cc1. The van der Waals surface area contributed by atoms with Gasteiger partial charge in [0.05, 0.1) is 6.20 Å². The number of rotatable bonds is 6. The van der Waals surface area contributed by atoms with Crippen molar-refractivity contribution in [1.29, 1.82) is 0 Å². The summed E-state index contributed by atoms with van der Waals surface area (Å²) in [7, 11) is 0. The number of halogens is 1. The minimum absolute atomic E-state index is 0.717. The highest BCUT2D eigenvalue weighted by molar-refractivity contribution is 6.30. The second kappa shape index (κ2) is 9.08. The number of hydrogen-bond acceptors (Lipinski definition) is 4. The van der Waals surface area contributed by atoms with Gasteiger partial charge in [0.25, 0.3) is 0 Å². The van der Waals surface area contributed by atoms with Crippen LogP contribution in [0.2, 0.25) is 5.02 Å². The first kappa shape index (κ1) is 20.0. The van der Waals surface area contributed by atoms with Crippen LogP contribution in [0.5, 0.6) is 5.75 Å². The average molecular weight is 433 g/mol. The Kier molecular flexibility index (Phi) is 5.87. The smallest absolute Gasteiger partial charge is 0.162 e. The Morgan fingerprint density at radius 3 is 2.35 bits per heavy atom. The molecule has 6 heteroatoms. The fourth-order valence-corrected chi connectivity index (χ4v) is 4.20. The molecule has 5 rings (SSSR count). The predicted molar refractivity (Wildman–Crippen MR) is 125 cm³/mol. The van der Waals surface area contributed by atoms with Gasteiger partial charge in [-0.1, -0.05) is 42.3 Å². The molecule has 0 saturated carbocycles. The van der Waals surface area contributed by atoms with E-state index in [9.17, 15) is 0 Å². The summed E-state index contributed by atoms with van der Waals surface area (Å²) in [5.41, 5.74) is 4.95. The van der Waals surface area contributed by atoms with Gasteiger partial charge in [-0.2, -0.15) is 5.10 Å². The van der Waals surface area contributed by atoms with Gasteiger partial charge in [-0.25, -0.2) is 9.50 Å². The summed E-state index contributed by atoms with van der Waals surface area (Å²) in [6.45, 7) is 4.13. The third kappa shape index (κ3) is 4.58. The van der Waals surface area contributed by atoms with E-state index in [-0.39, 0.29) is 0 Å². The maximum absolute atomic E-state index is 6.01. The van der Waals surface area contributed by atoms with E-state index in [2.05, 4.69) is 27.1 Å². The van der Waals surface area contributed by atoms with Crippen LogP contribution in [0.1, 0.15) is 19.3 Å². The van der Waals surface area contributed by atoms with E-state index in [1.165, 1.54) is 32.4 Å². The molecule has 0 unspecified atom stereocenters. The molecule has 0 atom stereocenters. The number of benzene rings is 2. The fraction of sp³-hybridized carbons (Fsp3) is 0.280. The van der Waals surface area contributed by atoms with Gasteiger partial charge < -0.3 is 4.74 Å². The Morgan fingerprint density at radius 1 is 0.839 bits per heavy atom. The molecule has 158 valence electrons. The first-order valence-corrected chi connectivity index (χ1v) is 11.2. The molecule has 0 amide bonds. The van der Waals surface area contributed by atoms with Crippen LogP contribution in [0.15, 0.2) is 67.1 Å². The molecular formula is C25H25ClN4O. The van der Waals surface area contributed by atoms with E-state index >= 15 is 0 Å². The van der Waals surface area contributed by atoms with Gasteiger partial charge in [-0.05, 0) is 61.3 Å². The lowest BCUT2D eigenvalue weighted by molar-refractivity contribution is 0.183. The second-order valence-corrected chi connectivity index (χ2v) is 8.39. The molecule has 1 fully saturated rings. The molecule has 2 aromatic carbocycles. The number of fused-ring (bicyclic) bond motifs is 1. The Labute approximate surface area is 187 Å². The van der Waals surface area contributed by atoms with E-state index < -0.39 is 0 Å². The largest absolute Gasteiger partial charge is 0.492 e. The third-order valence-electron chi connectivity index (χ3n) is 5.82. The summed E-state index contributed by atoms with van der Waals surface area (Å²) in [5.74, 6) is 0.902. The zero-order valence-electron chi connectivity index (χ0n) is 17.4. The van der Waals surface area contributed by atoms with Crippen LogP contribution in [-0.4, -0.2) is 45.7 Å². The van der Waals surface area contributed by atoms with Crippen molar-refractivity contribution in [3.8, 4) is 28.0 Å². The fourth-order valence-electron chi connectivity index (χ4n) is 4.08. The molecule has 1 saturated heterocycles. The van der Waals surface area contributed by atoms with Gasteiger partial charge >= 0.3 is 0 Å². The molecule has 0 spiro atoms. The Balaban J connectivity index is 1.27. The number of aromatic nitrogens is 3. The standard InChI is InChI=1S/C25H25ClN4O/c26-22-8-4-20(5-9-22)24-17-28-30-18-21(16-27-25(24)30)19-6-10-23(11-7-19)31-15-14-29-12-2-1-3-13-29/h4-11,16-18H,1-3,12-15H2. The highest BCUT2D eigenvalue weighted by atomic mass is 35.5. The number of ether oxygens (including phenoxy) is 1. The predicted octanol–water partition coefficient (Wildman–Crippen LogP) is 5.58. The quantitative estimate of drug-likeness (QED) is 0.398. The molecule has 0 N–H and O–H groups in total. The van der Waals surface area contributed by atoms with Crippen LogP contribution in [0.3, 0.4) is 0 Å². The van der Waals surface area contributed by atoms with Gasteiger partial charge in [0.2, 0.25) is 0 Å². The van der Waals surface area contributed by atoms with Crippen molar-refractivity contribution in [2.75, 3.05) is 26.2 Å². The topological polar surface area (TPSA) is 42.7 Å². The Bertz CT molecular complexity index is 1150. The number of piperidine rings is 1. The highest BCUT2D eigenvalue weighted by Crippen LogP contribution is 2.27. The van der Waals surface area contributed by atoms with Gasteiger partial charge in [0, 0.05) is 35.1 Å². The Morgan fingerprint density at radius 2 is 1.58 bits per heavy atom. The lowest BCUT2D eigenvalue weighted by Crippen LogP contribution is -2.33. The summed E-state index contributed by atoms with van der Waals surface area (Å²) in [5, 5.41) is 5.21. The third-order valence-corrected chi connectivity index (χ3v) is 6.08. The maximum atomic E-state index is 6.01. The second-order valence-electron chi connectivity index (χ2n) is 7.95. The average Bonchev–Trinajstić information content (AvgIpc) is 3.24. The lowest BCUT2D eigenvalue weighted by Gasteiger charge is -2.26. The van der Waals surface area contributed by atoms with Crippen molar-refractivity contribution in [3.63, 3.8) is 0 Å². The van der Waals surface area contributed by atoms with Crippen molar-refractivity contribution in [2.24, 2.45) is 0 Å². The van der Waals surface area contributed by atoms with Gasteiger partial charge in [-0.15, -0.1) is 0 Å². The molecule has 2 aromatic heterocycles. The van der Waals surface area contributed by atoms with E-state index in [4.69, 9.17) is 16.3 Å². The summed E-state index contributed by atoms with van der Waals surface area (Å²) in [6.07, 6.45) is 9.72. The number of nitrogens with zero attached hydrogens (tertiary/aromatic N) is 4. The molecule has 1 aliphatic heterocycles. The van der Waals surface area contributed by atoms with Gasteiger partial charge in [0.1, 0.15) is 12.4 Å². The van der Waals surface area contributed by atoms with E-state index in [0.717, 1.165) is 51.8 Å². The van der Waals surface area contributed by atoms with Crippen molar-refractivity contribution < 1.29 is 4.74 Å². The maximum Gasteiger partial charge on any atom is 0.162 e. The highest BCUT2D eigenvalue weighted by Gasteiger charge is 2.11. The molecule has 0 bridgehead atoms. The van der Waals surface area contributed by atoms with Gasteiger partial charge in [-0.3, -0.25) is 4.90 Å². The van der Waals surface area contributed by atoms with E-state index in [1.54, 1.807) is 0 Å². The molecule has 4 aromatic rings. The lowest BCUT2D eigenvalue weighted by atomic mass is 10.1. The molecular weight excluding hydrogens is 408 g/mol. The summed E-state index contributed by atoms with van der Waals surface area (Å²) in [6, 6.07) is 15.9. The molecule has 1 aliphatic rings. The molecule has 0 aliphatic carbocycles. The van der Waals surface area contributed by atoms with E-state index in [1.807, 2.05) is 59.5 Å². The van der Waals surface area contributed by atoms with Crippen molar-refractivity contribution >= 4 is 17.2 Å². The number of likely N-dealkylation sites (tertiary alicyclic amines) is 1.